The van der Waals surface area contributed by atoms with Gasteiger partial charge >= 0.3 is 0 Å². The zero-order valence-corrected chi connectivity index (χ0v) is 20.2. The van der Waals surface area contributed by atoms with E-state index in [0.29, 0.717) is 28.0 Å². The first-order chi connectivity index (χ1) is 17.4. The second kappa shape index (κ2) is 10.2. The molecule has 5 rings (SSSR count). The van der Waals surface area contributed by atoms with E-state index in [-0.39, 0.29) is 11.6 Å². The molecule has 0 unspecified atom stereocenters. The zero-order valence-electron chi connectivity index (χ0n) is 19.3. The van der Waals surface area contributed by atoms with Crippen LogP contribution in [-0.2, 0) is 15.8 Å². The zero-order chi connectivity index (χ0) is 25.1. The quantitative estimate of drug-likeness (QED) is 0.335. The number of halogens is 2. The Morgan fingerprint density at radius 2 is 1.78 bits per heavy atom. The molecule has 3 N–H and O–H groups in total. The molecule has 10 heteroatoms. The van der Waals surface area contributed by atoms with Gasteiger partial charge in [0, 0.05) is 24.2 Å². The number of aromatic nitrogens is 2. The van der Waals surface area contributed by atoms with E-state index in [1.54, 1.807) is 54.7 Å². The number of fused-ring (bicyclic) bond motifs is 1. The van der Waals surface area contributed by atoms with Crippen molar-refractivity contribution in [1.29, 1.82) is 0 Å². The topological polar surface area (TPSA) is 96.0 Å². The average molecular weight is 510 g/mol. The van der Waals surface area contributed by atoms with Crippen molar-refractivity contribution in [2.75, 3.05) is 23.1 Å². The van der Waals surface area contributed by atoms with Gasteiger partial charge in [0.2, 0.25) is 16.0 Å². The Hall–Kier alpha value is -3.63. The highest BCUT2D eigenvalue weighted by molar-refractivity contribution is 7.91. The molecule has 1 fully saturated rings. The molecule has 0 radical (unpaired) electrons. The standard InChI is InChI=1S/C26H25F2N5O2S/c27-22-12-19(13-23(28)25(22)33-36(34,35)16-17-5-2-1-3-6-17)18-8-9-24-20(11-18)14-30-26(32-24)31-21-7-4-10-29-15-21/h1-3,5-6,8-9,11-14,21,29,33H,4,7,10,15-16H2,(H,30,31,32)/t21-/m0/s1. The highest BCUT2D eigenvalue weighted by Gasteiger charge is 2.19. The Morgan fingerprint density at radius 1 is 1.00 bits per heavy atom. The van der Waals surface area contributed by atoms with E-state index in [2.05, 4.69) is 20.6 Å². The van der Waals surface area contributed by atoms with Gasteiger partial charge in [0.05, 0.1) is 11.3 Å². The molecule has 0 bridgehead atoms. The first-order valence-corrected chi connectivity index (χ1v) is 13.3. The van der Waals surface area contributed by atoms with Crippen molar-refractivity contribution in [1.82, 2.24) is 15.3 Å². The fourth-order valence-electron chi connectivity index (χ4n) is 4.26. The van der Waals surface area contributed by atoms with Crippen LogP contribution in [0.3, 0.4) is 0 Å². The summed E-state index contributed by atoms with van der Waals surface area (Å²) in [6.07, 6.45) is 3.81. The SMILES string of the molecule is O=S(=O)(Cc1ccccc1)Nc1c(F)cc(-c2ccc3nc(N[C@H]4CCCNC4)ncc3c2)cc1F. The van der Waals surface area contributed by atoms with Crippen molar-refractivity contribution < 1.29 is 17.2 Å². The lowest BCUT2D eigenvalue weighted by molar-refractivity contribution is 0.478. The highest BCUT2D eigenvalue weighted by Crippen LogP contribution is 2.30. The molecule has 1 atom stereocenters. The van der Waals surface area contributed by atoms with Crippen molar-refractivity contribution in [3.05, 3.63) is 84.1 Å². The predicted molar refractivity (Wildman–Crippen MR) is 137 cm³/mol. The fourth-order valence-corrected chi connectivity index (χ4v) is 5.47. The third-order valence-electron chi connectivity index (χ3n) is 6.04. The normalized spacial score (nSPS) is 16.1. The van der Waals surface area contributed by atoms with Crippen molar-refractivity contribution >= 4 is 32.6 Å². The van der Waals surface area contributed by atoms with Gasteiger partial charge in [-0.25, -0.2) is 27.2 Å². The summed E-state index contributed by atoms with van der Waals surface area (Å²) in [4.78, 5) is 8.94. The van der Waals surface area contributed by atoms with E-state index in [4.69, 9.17) is 0 Å². The van der Waals surface area contributed by atoms with Gasteiger partial charge in [0.1, 0.15) is 5.69 Å². The van der Waals surface area contributed by atoms with E-state index in [1.807, 2.05) is 4.72 Å². The van der Waals surface area contributed by atoms with Crippen LogP contribution >= 0.6 is 0 Å². The summed E-state index contributed by atoms with van der Waals surface area (Å²) in [7, 11) is -4.01. The fraction of sp³-hybridized carbons (Fsp3) is 0.231. The smallest absolute Gasteiger partial charge is 0.237 e. The Bertz CT molecular complexity index is 1470. The highest BCUT2D eigenvalue weighted by atomic mass is 32.2. The molecule has 1 aliphatic rings. The van der Waals surface area contributed by atoms with Crippen molar-refractivity contribution in [2.24, 2.45) is 0 Å². The maximum atomic E-state index is 14.9. The van der Waals surface area contributed by atoms with Crippen molar-refractivity contribution in [3.8, 4) is 11.1 Å². The van der Waals surface area contributed by atoms with Gasteiger partial charge in [-0.05, 0) is 60.3 Å². The summed E-state index contributed by atoms with van der Waals surface area (Å²) in [6, 6.07) is 16.1. The van der Waals surface area contributed by atoms with Crippen LogP contribution in [-0.4, -0.2) is 37.5 Å². The van der Waals surface area contributed by atoms with Crippen molar-refractivity contribution in [3.63, 3.8) is 0 Å². The second-order valence-electron chi connectivity index (χ2n) is 8.82. The number of nitrogens with zero attached hydrogens (tertiary/aromatic N) is 2. The molecule has 1 saturated heterocycles. The molecule has 0 saturated carbocycles. The summed E-state index contributed by atoms with van der Waals surface area (Å²) in [5.74, 6) is -1.86. The lowest BCUT2D eigenvalue weighted by atomic mass is 10.0. The van der Waals surface area contributed by atoms with Gasteiger partial charge in [-0.2, -0.15) is 0 Å². The van der Waals surface area contributed by atoms with Crippen LogP contribution in [0.1, 0.15) is 18.4 Å². The van der Waals surface area contributed by atoms with E-state index >= 15 is 0 Å². The molecule has 0 spiro atoms. The number of hydrogen-bond acceptors (Lipinski definition) is 6. The van der Waals surface area contributed by atoms with Crippen LogP contribution < -0.4 is 15.4 Å². The lowest BCUT2D eigenvalue weighted by Crippen LogP contribution is -2.38. The Morgan fingerprint density at radius 3 is 2.50 bits per heavy atom. The maximum Gasteiger partial charge on any atom is 0.237 e. The third-order valence-corrected chi connectivity index (χ3v) is 7.27. The van der Waals surface area contributed by atoms with Gasteiger partial charge in [-0.3, -0.25) is 4.72 Å². The molecule has 3 aromatic carbocycles. The average Bonchev–Trinajstić information content (AvgIpc) is 2.87. The lowest BCUT2D eigenvalue weighted by Gasteiger charge is -2.23. The van der Waals surface area contributed by atoms with Gasteiger partial charge in [-0.15, -0.1) is 0 Å². The molecule has 4 aromatic rings. The van der Waals surface area contributed by atoms with Crippen LogP contribution in [0.4, 0.5) is 20.4 Å². The molecular weight excluding hydrogens is 484 g/mol. The molecule has 0 aliphatic carbocycles. The van der Waals surface area contributed by atoms with Gasteiger partial charge in [0.15, 0.2) is 11.6 Å². The largest absolute Gasteiger partial charge is 0.350 e. The molecule has 2 heterocycles. The molecule has 0 amide bonds. The summed E-state index contributed by atoms with van der Waals surface area (Å²) in [5.41, 5.74) is 1.33. The first-order valence-electron chi connectivity index (χ1n) is 11.6. The third kappa shape index (κ3) is 5.60. The van der Waals surface area contributed by atoms with E-state index in [1.165, 1.54) is 0 Å². The Labute approximate surface area is 208 Å². The van der Waals surface area contributed by atoms with Crippen LogP contribution in [0.2, 0.25) is 0 Å². The summed E-state index contributed by atoms with van der Waals surface area (Å²) >= 11 is 0. The molecule has 186 valence electrons. The molecule has 36 heavy (non-hydrogen) atoms. The monoisotopic (exact) mass is 509 g/mol. The Kier molecular flexibility index (Phi) is 6.80. The minimum Gasteiger partial charge on any atom is -0.350 e. The summed E-state index contributed by atoms with van der Waals surface area (Å²) < 4.78 is 56.7. The van der Waals surface area contributed by atoms with Crippen LogP contribution in [0.25, 0.3) is 22.0 Å². The Balaban J connectivity index is 1.36. The van der Waals surface area contributed by atoms with Crippen molar-refractivity contribution in [2.45, 2.75) is 24.6 Å². The number of rotatable bonds is 7. The van der Waals surface area contributed by atoms with E-state index in [9.17, 15) is 17.2 Å². The van der Waals surface area contributed by atoms with Crippen LogP contribution in [0, 0.1) is 11.6 Å². The van der Waals surface area contributed by atoms with E-state index < -0.39 is 33.1 Å². The number of sulfonamides is 1. The first kappa shape index (κ1) is 24.1. The minimum atomic E-state index is -4.01. The molecule has 7 nitrogen and oxygen atoms in total. The van der Waals surface area contributed by atoms with Crippen LogP contribution in [0.15, 0.2) is 66.9 Å². The number of benzene rings is 3. The maximum absolute atomic E-state index is 14.9. The predicted octanol–water partition coefficient (Wildman–Crippen LogP) is 4.68. The van der Waals surface area contributed by atoms with Gasteiger partial charge in [0.25, 0.3) is 0 Å². The molecule has 1 aromatic heterocycles. The number of piperidine rings is 1. The van der Waals surface area contributed by atoms with E-state index in [0.717, 1.165) is 38.1 Å². The number of nitrogens with one attached hydrogen (secondary N) is 3. The second-order valence-corrected chi connectivity index (χ2v) is 10.5. The molecular formula is C26H25F2N5O2S. The molecule has 1 aliphatic heterocycles. The minimum absolute atomic E-state index is 0.269. The van der Waals surface area contributed by atoms with Gasteiger partial charge in [-0.1, -0.05) is 36.4 Å². The number of anilines is 2. The summed E-state index contributed by atoms with van der Waals surface area (Å²) in [5, 5.41) is 7.39. The van der Waals surface area contributed by atoms with Gasteiger partial charge < -0.3 is 10.6 Å². The summed E-state index contributed by atoms with van der Waals surface area (Å²) in [6.45, 7) is 1.87. The number of hydrogen-bond donors (Lipinski definition) is 3. The van der Waals surface area contributed by atoms with Crippen LogP contribution in [0.5, 0.6) is 0 Å².